The van der Waals surface area contributed by atoms with Crippen LogP contribution in [0.15, 0.2) is 42.9 Å². The molecule has 2 heterocycles. The largest absolute Gasteiger partial charge is 0.275 e. The monoisotopic (exact) mass is 265 g/mol. The highest BCUT2D eigenvalue weighted by molar-refractivity contribution is 5.88. The van der Waals surface area contributed by atoms with Gasteiger partial charge in [0.2, 0.25) is 0 Å². The maximum absolute atomic E-state index is 4.61. The fraction of sp³-hybridized carbons (Fsp3) is 0.294. The van der Waals surface area contributed by atoms with Crippen molar-refractivity contribution < 1.29 is 0 Å². The van der Waals surface area contributed by atoms with Gasteiger partial charge in [0.05, 0.1) is 11.9 Å². The Morgan fingerprint density at radius 1 is 1.10 bits per heavy atom. The van der Waals surface area contributed by atoms with E-state index in [0.29, 0.717) is 0 Å². The molecule has 0 radical (unpaired) electrons. The van der Waals surface area contributed by atoms with Gasteiger partial charge in [-0.05, 0) is 22.4 Å². The van der Waals surface area contributed by atoms with Crippen molar-refractivity contribution in [2.24, 2.45) is 7.05 Å². The van der Waals surface area contributed by atoms with Crippen LogP contribution in [0, 0.1) is 0 Å². The average molecular weight is 265 g/mol. The van der Waals surface area contributed by atoms with E-state index in [4.69, 9.17) is 0 Å². The number of benzene rings is 1. The summed E-state index contributed by atoms with van der Waals surface area (Å²) >= 11 is 0. The van der Waals surface area contributed by atoms with Crippen LogP contribution in [0.2, 0.25) is 0 Å². The zero-order valence-electron chi connectivity index (χ0n) is 12.4. The van der Waals surface area contributed by atoms with E-state index in [9.17, 15) is 0 Å². The SMILES string of the molecule is Cn1cc(-c2cc3cccc(C(C)(C)C)c3cn2)cn1. The van der Waals surface area contributed by atoms with E-state index in [2.05, 4.69) is 55.1 Å². The fourth-order valence-electron chi connectivity index (χ4n) is 2.54. The number of aryl methyl sites for hydroxylation is 1. The molecule has 0 spiro atoms. The molecule has 0 unspecified atom stereocenters. The third-order valence-corrected chi connectivity index (χ3v) is 3.57. The van der Waals surface area contributed by atoms with Crippen molar-refractivity contribution >= 4 is 10.8 Å². The van der Waals surface area contributed by atoms with Crippen molar-refractivity contribution in [1.29, 1.82) is 0 Å². The van der Waals surface area contributed by atoms with E-state index in [-0.39, 0.29) is 5.41 Å². The Hall–Kier alpha value is -2.16. The quantitative estimate of drug-likeness (QED) is 0.667. The third-order valence-electron chi connectivity index (χ3n) is 3.57. The first kappa shape index (κ1) is 12.9. The molecule has 3 nitrogen and oxygen atoms in total. The lowest BCUT2D eigenvalue weighted by Crippen LogP contribution is -2.11. The molecule has 1 aromatic carbocycles. The van der Waals surface area contributed by atoms with Crippen LogP contribution in [0.4, 0.5) is 0 Å². The van der Waals surface area contributed by atoms with Gasteiger partial charge in [-0.3, -0.25) is 9.67 Å². The van der Waals surface area contributed by atoms with Gasteiger partial charge in [0.25, 0.3) is 0 Å². The first-order valence-electron chi connectivity index (χ1n) is 6.83. The van der Waals surface area contributed by atoms with Crippen molar-refractivity contribution in [2.75, 3.05) is 0 Å². The molecule has 3 aromatic rings. The highest BCUT2D eigenvalue weighted by atomic mass is 15.2. The number of rotatable bonds is 1. The fourth-order valence-corrected chi connectivity index (χ4v) is 2.54. The Kier molecular flexibility index (Phi) is 2.85. The summed E-state index contributed by atoms with van der Waals surface area (Å²) in [4.78, 5) is 4.61. The second kappa shape index (κ2) is 4.44. The first-order chi connectivity index (χ1) is 9.45. The van der Waals surface area contributed by atoms with Crippen molar-refractivity contribution in [3.8, 4) is 11.3 Å². The molecule has 0 aliphatic carbocycles. The lowest BCUT2D eigenvalue weighted by Gasteiger charge is -2.21. The minimum atomic E-state index is 0.122. The van der Waals surface area contributed by atoms with E-state index in [0.717, 1.165) is 11.3 Å². The smallest absolute Gasteiger partial charge is 0.0739 e. The second-order valence-electron chi connectivity index (χ2n) is 6.25. The number of nitrogens with zero attached hydrogens (tertiary/aromatic N) is 3. The van der Waals surface area contributed by atoms with E-state index in [1.807, 2.05) is 25.6 Å². The van der Waals surface area contributed by atoms with Gasteiger partial charge in [-0.15, -0.1) is 0 Å². The van der Waals surface area contributed by atoms with Crippen LogP contribution >= 0.6 is 0 Å². The number of hydrogen-bond donors (Lipinski definition) is 0. The van der Waals surface area contributed by atoms with Gasteiger partial charge in [0.15, 0.2) is 0 Å². The summed E-state index contributed by atoms with van der Waals surface area (Å²) in [6.45, 7) is 6.70. The Morgan fingerprint density at radius 3 is 2.55 bits per heavy atom. The van der Waals surface area contributed by atoms with Gasteiger partial charge in [-0.25, -0.2) is 0 Å². The number of pyridine rings is 1. The van der Waals surface area contributed by atoms with E-state index in [1.165, 1.54) is 16.3 Å². The summed E-state index contributed by atoms with van der Waals surface area (Å²) in [5.74, 6) is 0. The van der Waals surface area contributed by atoms with Gasteiger partial charge in [-0.2, -0.15) is 5.10 Å². The van der Waals surface area contributed by atoms with Crippen molar-refractivity contribution in [1.82, 2.24) is 14.8 Å². The van der Waals surface area contributed by atoms with E-state index >= 15 is 0 Å². The van der Waals surface area contributed by atoms with Crippen molar-refractivity contribution in [3.63, 3.8) is 0 Å². The Labute approximate surface area is 119 Å². The zero-order valence-corrected chi connectivity index (χ0v) is 12.4. The lowest BCUT2D eigenvalue weighted by atomic mass is 9.84. The molecule has 0 aliphatic rings. The van der Waals surface area contributed by atoms with Crippen LogP contribution in [-0.4, -0.2) is 14.8 Å². The molecule has 3 rings (SSSR count). The summed E-state index contributed by atoms with van der Waals surface area (Å²) in [7, 11) is 1.92. The molecule has 0 N–H and O–H groups in total. The molecule has 2 aromatic heterocycles. The summed E-state index contributed by atoms with van der Waals surface area (Å²) in [5.41, 5.74) is 3.48. The lowest BCUT2D eigenvalue weighted by molar-refractivity contribution is 0.596. The highest BCUT2D eigenvalue weighted by Crippen LogP contribution is 2.31. The standard InChI is InChI=1S/C17H19N3/c1-17(2,3)15-7-5-6-12-8-16(18-10-14(12)15)13-9-19-20(4)11-13/h5-11H,1-4H3. The summed E-state index contributed by atoms with van der Waals surface area (Å²) in [6, 6.07) is 8.59. The molecule has 0 fully saturated rings. The van der Waals surface area contributed by atoms with Crippen LogP contribution in [0.5, 0.6) is 0 Å². The van der Waals surface area contributed by atoms with Crippen LogP contribution in [0.3, 0.4) is 0 Å². The van der Waals surface area contributed by atoms with Crippen LogP contribution < -0.4 is 0 Å². The molecule has 20 heavy (non-hydrogen) atoms. The number of fused-ring (bicyclic) bond motifs is 1. The number of aromatic nitrogens is 3. The second-order valence-corrected chi connectivity index (χ2v) is 6.25. The Bertz CT molecular complexity index is 763. The summed E-state index contributed by atoms with van der Waals surface area (Å²) < 4.78 is 1.80. The zero-order chi connectivity index (χ0) is 14.3. The normalized spacial score (nSPS) is 12.0. The minimum absolute atomic E-state index is 0.122. The summed E-state index contributed by atoms with van der Waals surface area (Å²) in [6.07, 6.45) is 5.82. The van der Waals surface area contributed by atoms with Crippen LogP contribution in [-0.2, 0) is 12.5 Å². The predicted octanol–water partition coefficient (Wildman–Crippen LogP) is 3.93. The molecular formula is C17H19N3. The predicted molar refractivity (Wildman–Crippen MR) is 82.6 cm³/mol. The van der Waals surface area contributed by atoms with Gasteiger partial charge >= 0.3 is 0 Å². The molecule has 3 heteroatoms. The molecule has 0 aliphatic heterocycles. The molecule has 0 saturated heterocycles. The minimum Gasteiger partial charge on any atom is -0.275 e. The summed E-state index contributed by atoms with van der Waals surface area (Å²) in [5, 5.41) is 6.66. The molecule has 102 valence electrons. The number of hydrogen-bond acceptors (Lipinski definition) is 2. The average Bonchev–Trinajstić information content (AvgIpc) is 2.83. The van der Waals surface area contributed by atoms with E-state index < -0.39 is 0 Å². The highest BCUT2D eigenvalue weighted by Gasteiger charge is 2.17. The van der Waals surface area contributed by atoms with Crippen LogP contribution in [0.1, 0.15) is 26.3 Å². The van der Waals surface area contributed by atoms with Crippen LogP contribution in [0.25, 0.3) is 22.0 Å². The maximum atomic E-state index is 4.61. The first-order valence-corrected chi connectivity index (χ1v) is 6.83. The van der Waals surface area contributed by atoms with Crippen molar-refractivity contribution in [3.05, 3.63) is 48.4 Å². The Balaban J connectivity index is 2.18. The molecule has 0 bridgehead atoms. The topological polar surface area (TPSA) is 30.7 Å². The molecule has 0 atom stereocenters. The van der Waals surface area contributed by atoms with Gasteiger partial charge in [0.1, 0.15) is 0 Å². The molecule has 0 amide bonds. The van der Waals surface area contributed by atoms with Gasteiger partial charge in [-0.1, -0.05) is 39.0 Å². The third kappa shape index (κ3) is 2.20. The van der Waals surface area contributed by atoms with Gasteiger partial charge in [0, 0.05) is 30.4 Å². The Morgan fingerprint density at radius 2 is 1.90 bits per heavy atom. The maximum Gasteiger partial charge on any atom is 0.0739 e. The molecule has 0 saturated carbocycles. The van der Waals surface area contributed by atoms with E-state index in [1.54, 1.807) is 4.68 Å². The molecular weight excluding hydrogens is 246 g/mol. The van der Waals surface area contributed by atoms with Crippen molar-refractivity contribution in [2.45, 2.75) is 26.2 Å². The van der Waals surface area contributed by atoms with Gasteiger partial charge < -0.3 is 0 Å².